The van der Waals surface area contributed by atoms with Crippen LogP contribution in [0, 0.1) is 0 Å². The standard InChI is InChI=1S/C18H24N2O3/c1-5-10-18(11-12-19-16(22)23-17(2,3)4)13-8-6-7-9-14(13)20-15(18)21/h5-9H,1,10-12H2,2-4H3,(H,19,22)(H,20,21). The Hall–Kier alpha value is -2.30. The minimum absolute atomic E-state index is 0.0513. The summed E-state index contributed by atoms with van der Waals surface area (Å²) in [6.07, 6.45) is 2.28. The summed E-state index contributed by atoms with van der Waals surface area (Å²) in [4.78, 5) is 24.3. The molecule has 0 fully saturated rings. The summed E-state index contributed by atoms with van der Waals surface area (Å²) < 4.78 is 5.22. The highest BCUT2D eigenvalue weighted by Crippen LogP contribution is 2.42. The number of benzene rings is 1. The van der Waals surface area contributed by atoms with E-state index >= 15 is 0 Å². The Bertz CT molecular complexity index is 619. The molecule has 23 heavy (non-hydrogen) atoms. The van der Waals surface area contributed by atoms with Gasteiger partial charge in [0.05, 0.1) is 5.41 Å². The average molecular weight is 316 g/mol. The number of carbonyl (C=O) groups excluding carboxylic acids is 2. The first-order valence-corrected chi connectivity index (χ1v) is 7.77. The Morgan fingerprint density at radius 2 is 2.09 bits per heavy atom. The molecule has 1 heterocycles. The van der Waals surface area contributed by atoms with Gasteiger partial charge in [-0.25, -0.2) is 4.79 Å². The molecule has 5 nitrogen and oxygen atoms in total. The maximum absolute atomic E-state index is 12.5. The number of ether oxygens (including phenoxy) is 1. The molecule has 0 bridgehead atoms. The van der Waals surface area contributed by atoms with Gasteiger partial charge in [0, 0.05) is 12.2 Å². The average Bonchev–Trinajstić information content (AvgIpc) is 2.71. The zero-order chi connectivity index (χ0) is 17.1. The molecule has 5 heteroatoms. The fraction of sp³-hybridized carbons (Fsp3) is 0.444. The SMILES string of the molecule is C=CCC1(CCNC(=O)OC(C)(C)C)C(=O)Nc2ccccc21. The van der Waals surface area contributed by atoms with Gasteiger partial charge in [-0.2, -0.15) is 0 Å². The van der Waals surface area contributed by atoms with Crippen molar-refractivity contribution in [3.63, 3.8) is 0 Å². The van der Waals surface area contributed by atoms with Crippen LogP contribution >= 0.6 is 0 Å². The minimum atomic E-state index is -0.687. The Kier molecular flexibility index (Phi) is 4.78. The summed E-state index contributed by atoms with van der Waals surface area (Å²) in [6.45, 7) is 9.56. The monoisotopic (exact) mass is 316 g/mol. The molecule has 0 spiro atoms. The Balaban J connectivity index is 2.09. The van der Waals surface area contributed by atoms with E-state index in [1.807, 2.05) is 45.0 Å². The lowest BCUT2D eigenvalue weighted by molar-refractivity contribution is -0.121. The first kappa shape index (κ1) is 17.1. The number of anilines is 1. The number of para-hydroxylation sites is 1. The van der Waals surface area contributed by atoms with E-state index in [1.165, 1.54) is 0 Å². The van der Waals surface area contributed by atoms with Crippen LogP contribution in [-0.4, -0.2) is 24.1 Å². The van der Waals surface area contributed by atoms with Crippen molar-refractivity contribution in [1.82, 2.24) is 5.32 Å². The number of alkyl carbamates (subject to hydrolysis) is 1. The van der Waals surface area contributed by atoms with Crippen molar-refractivity contribution in [3.05, 3.63) is 42.5 Å². The van der Waals surface area contributed by atoms with E-state index in [9.17, 15) is 9.59 Å². The van der Waals surface area contributed by atoms with E-state index in [-0.39, 0.29) is 5.91 Å². The van der Waals surface area contributed by atoms with Crippen LogP contribution in [0.25, 0.3) is 0 Å². The molecular weight excluding hydrogens is 292 g/mol. The smallest absolute Gasteiger partial charge is 0.407 e. The second-order valence-corrected chi connectivity index (χ2v) is 6.75. The van der Waals surface area contributed by atoms with Crippen LogP contribution in [0.1, 0.15) is 39.2 Å². The maximum Gasteiger partial charge on any atom is 0.407 e. The second-order valence-electron chi connectivity index (χ2n) is 6.75. The third kappa shape index (κ3) is 3.73. The van der Waals surface area contributed by atoms with Gasteiger partial charge in [0.15, 0.2) is 0 Å². The Labute approximate surface area is 137 Å². The van der Waals surface area contributed by atoms with Crippen LogP contribution in [0.2, 0.25) is 0 Å². The first-order valence-electron chi connectivity index (χ1n) is 7.77. The highest BCUT2D eigenvalue weighted by molar-refractivity contribution is 6.06. The number of fused-ring (bicyclic) bond motifs is 1. The summed E-state index contributed by atoms with van der Waals surface area (Å²) in [5.74, 6) is -0.0513. The van der Waals surface area contributed by atoms with Crippen molar-refractivity contribution in [2.75, 3.05) is 11.9 Å². The molecule has 124 valence electrons. The lowest BCUT2D eigenvalue weighted by Gasteiger charge is -2.27. The summed E-state index contributed by atoms with van der Waals surface area (Å²) in [7, 11) is 0. The summed E-state index contributed by atoms with van der Waals surface area (Å²) in [6, 6.07) is 7.64. The van der Waals surface area contributed by atoms with Crippen LogP contribution in [0.4, 0.5) is 10.5 Å². The molecule has 2 rings (SSSR count). The van der Waals surface area contributed by atoms with Crippen molar-refractivity contribution in [3.8, 4) is 0 Å². The van der Waals surface area contributed by atoms with Crippen LogP contribution in [0.3, 0.4) is 0 Å². The highest BCUT2D eigenvalue weighted by atomic mass is 16.6. The second kappa shape index (κ2) is 6.44. The zero-order valence-electron chi connectivity index (χ0n) is 13.9. The van der Waals surface area contributed by atoms with Crippen LogP contribution in [-0.2, 0) is 14.9 Å². The highest BCUT2D eigenvalue weighted by Gasteiger charge is 2.45. The van der Waals surface area contributed by atoms with Gasteiger partial charge in [-0.1, -0.05) is 24.3 Å². The molecule has 1 aliphatic heterocycles. The van der Waals surface area contributed by atoms with Gasteiger partial charge >= 0.3 is 6.09 Å². The molecule has 0 radical (unpaired) electrons. The molecule has 0 saturated carbocycles. The van der Waals surface area contributed by atoms with Crippen LogP contribution < -0.4 is 10.6 Å². The number of nitrogens with one attached hydrogen (secondary N) is 2. The maximum atomic E-state index is 12.5. The number of hydrogen-bond acceptors (Lipinski definition) is 3. The van der Waals surface area contributed by atoms with E-state index in [0.717, 1.165) is 11.3 Å². The summed E-state index contributed by atoms with van der Waals surface area (Å²) in [5, 5.41) is 5.64. The summed E-state index contributed by atoms with van der Waals surface area (Å²) >= 11 is 0. The van der Waals surface area contributed by atoms with Crippen molar-refractivity contribution in [2.45, 2.75) is 44.6 Å². The van der Waals surface area contributed by atoms with E-state index in [1.54, 1.807) is 6.08 Å². The van der Waals surface area contributed by atoms with Crippen molar-refractivity contribution < 1.29 is 14.3 Å². The quantitative estimate of drug-likeness (QED) is 0.818. The van der Waals surface area contributed by atoms with E-state index in [4.69, 9.17) is 4.74 Å². The Morgan fingerprint density at radius 1 is 1.39 bits per heavy atom. The van der Waals surface area contributed by atoms with E-state index in [2.05, 4.69) is 17.2 Å². The van der Waals surface area contributed by atoms with Crippen LogP contribution in [0.15, 0.2) is 36.9 Å². The first-order chi connectivity index (χ1) is 10.8. The lowest BCUT2D eigenvalue weighted by atomic mass is 9.76. The molecule has 0 aromatic heterocycles. The summed E-state index contributed by atoms with van der Waals surface area (Å²) in [5.41, 5.74) is 0.556. The molecule has 2 amide bonds. The molecule has 0 saturated heterocycles. The largest absolute Gasteiger partial charge is 0.444 e. The van der Waals surface area contributed by atoms with Crippen molar-refractivity contribution in [1.29, 1.82) is 0 Å². The molecule has 1 aromatic rings. The molecule has 1 unspecified atom stereocenters. The van der Waals surface area contributed by atoms with Crippen LogP contribution in [0.5, 0.6) is 0 Å². The zero-order valence-corrected chi connectivity index (χ0v) is 13.9. The third-order valence-corrected chi connectivity index (χ3v) is 3.84. The third-order valence-electron chi connectivity index (χ3n) is 3.84. The van der Waals surface area contributed by atoms with Gasteiger partial charge in [-0.15, -0.1) is 6.58 Å². The van der Waals surface area contributed by atoms with Crippen molar-refractivity contribution in [2.24, 2.45) is 0 Å². The lowest BCUT2D eigenvalue weighted by Crippen LogP contribution is -2.39. The number of carbonyl (C=O) groups is 2. The minimum Gasteiger partial charge on any atom is -0.444 e. The number of hydrogen-bond donors (Lipinski definition) is 2. The van der Waals surface area contributed by atoms with Gasteiger partial charge in [-0.3, -0.25) is 4.79 Å². The molecule has 0 aliphatic carbocycles. The number of amides is 2. The molecule has 2 N–H and O–H groups in total. The fourth-order valence-electron chi connectivity index (χ4n) is 2.87. The molecular formula is C18H24N2O3. The number of allylic oxidation sites excluding steroid dienone is 1. The topological polar surface area (TPSA) is 67.4 Å². The van der Waals surface area contributed by atoms with Gasteiger partial charge in [0.2, 0.25) is 5.91 Å². The molecule has 1 atom stereocenters. The predicted molar refractivity (Wildman–Crippen MR) is 90.4 cm³/mol. The van der Waals surface area contributed by atoms with E-state index < -0.39 is 17.1 Å². The molecule has 1 aromatic carbocycles. The van der Waals surface area contributed by atoms with Crippen molar-refractivity contribution >= 4 is 17.7 Å². The Morgan fingerprint density at radius 3 is 2.74 bits per heavy atom. The number of rotatable bonds is 5. The predicted octanol–water partition coefficient (Wildman–Crippen LogP) is 3.37. The van der Waals surface area contributed by atoms with Gasteiger partial charge < -0.3 is 15.4 Å². The van der Waals surface area contributed by atoms with Gasteiger partial charge in [0.25, 0.3) is 0 Å². The molecule has 1 aliphatic rings. The van der Waals surface area contributed by atoms with E-state index in [0.29, 0.717) is 19.4 Å². The normalized spacial score (nSPS) is 19.7. The fourth-order valence-corrected chi connectivity index (χ4v) is 2.87. The van der Waals surface area contributed by atoms with Gasteiger partial charge in [-0.05, 0) is 45.2 Å². The van der Waals surface area contributed by atoms with Gasteiger partial charge in [0.1, 0.15) is 5.60 Å².